The highest BCUT2D eigenvalue weighted by Crippen LogP contribution is 2.23. The molecule has 0 saturated heterocycles. The molecule has 1 aliphatic rings. The third-order valence-corrected chi connectivity index (χ3v) is 2.60. The largest absolute Gasteiger partial charge is 0.317 e. The molecule has 0 aliphatic heterocycles. The van der Waals surface area contributed by atoms with Crippen LogP contribution in [0.2, 0.25) is 0 Å². The Morgan fingerprint density at radius 2 is 2.36 bits per heavy atom. The van der Waals surface area contributed by atoms with Crippen LogP contribution in [0.3, 0.4) is 0 Å². The van der Waals surface area contributed by atoms with Gasteiger partial charge in [0.25, 0.3) is 0 Å². The van der Waals surface area contributed by atoms with Crippen LogP contribution < -0.4 is 5.32 Å². The van der Waals surface area contributed by atoms with Crippen molar-refractivity contribution in [3.63, 3.8) is 0 Å². The summed E-state index contributed by atoms with van der Waals surface area (Å²) in [6, 6.07) is 0.734. The second-order valence-electron chi connectivity index (χ2n) is 3.69. The molecule has 0 amide bonds. The van der Waals surface area contributed by atoms with E-state index in [4.69, 9.17) is 0 Å². The van der Waals surface area contributed by atoms with Gasteiger partial charge in [-0.25, -0.2) is 0 Å². The van der Waals surface area contributed by atoms with Gasteiger partial charge in [-0.05, 0) is 32.2 Å². The van der Waals surface area contributed by atoms with E-state index < -0.39 is 0 Å². The molecule has 1 N–H and O–H groups in total. The smallest absolute Gasteiger partial charge is 0.0102 e. The zero-order valence-electron chi connectivity index (χ0n) is 7.85. The number of allylic oxidation sites excluding steroid dienone is 1. The van der Waals surface area contributed by atoms with E-state index in [0.29, 0.717) is 0 Å². The monoisotopic (exact) mass is 155 g/mol. The van der Waals surface area contributed by atoms with E-state index in [1.807, 2.05) is 0 Å². The molecule has 0 saturated carbocycles. The summed E-state index contributed by atoms with van der Waals surface area (Å²) in [4.78, 5) is 0. The SMILES string of the molecule is CN[C@@H]1CC=C(C(C)C)CC1.[HH]. The Labute approximate surface area is 71.4 Å². The Kier molecular flexibility index (Phi) is 3.13. The Morgan fingerprint density at radius 1 is 1.64 bits per heavy atom. The minimum Gasteiger partial charge on any atom is -0.317 e. The normalized spacial score (nSPS) is 25.5. The standard InChI is InChI=1S/C10H19N.H2/c1-8(2)9-4-6-10(11-3)7-5-9;/h4,8,10-11H,5-7H2,1-3H3;1H/t10-;/m1./s1. The lowest BCUT2D eigenvalue weighted by Gasteiger charge is -2.23. The Hall–Kier alpha value is -0.300. The van der Waals surface area contributed by atoms with Crippen LogP contribution >= 0.6 is 0 Å². The topological polar surface area (TPSA) is 12.0 Å². The van der Waals surface area contributed by atoms with Crippen molar-refractivity contribution in [2.75, 3.05) is 7.05 Å². The molecule has 0 aromatic heterocycles. The molecule has 0 radical (unpaired) electrons. The summed E-state index contributed by atoms with van der Waals surface area (Å²) in [6.45, 7) is 4.57. The van der Waals surface area contributed by atoms with E-state index in [0.717, 1.165) is 12.0 Å². The lowest BCUT2D eigenvalue weighted by Crippen LogP contribution is -2.27. The van der Waals surface area contributed by atoms with Crippen LogP contribution in [0.5, 0.6) is 0 Å². The molecule has 0 spiro atoms. The average molecular weight is 155 g/mol. The van der Waals surface area contributed by atoms with Crippen LogP contribution in [0.4, 0.5) is 0 Å². The van der Waals surface area contributed by atoms with E-state index in [-0.39, 0.29) is 1.43 Å². The molecule has 66 valence electrons. The van der Waals surface area contributed by atoms with Gasteiger partial charge in [0.1, 0.15) is 0 Å². The van der Waals surface area contributed by atoms with Crippen LogP contribution in [0, 0.1) is 5.92 Å². The van der Waals surface area contributed by atoms with Gasteiger partial charge in [0.15, 0.2) is 0 Å². The third-order valence-electron chi connectivity index (χ3n) is 2.60. The van der Waals surface area contributed by atoms with E-state index >= 15 is 0 Å². The van der Waals surface area contributed by atoms with Gasteiger partial charge in [0.05, 0.1) is 0 Å². The number of hydrogen-bond acceptors (Lipinski definition) is 1. The minimum atomic E-state index is 0. The van der Waals surface area contributed by atoms with Crippen LogP contribution in [0.1, 0.15) is 34.5 Å². The molecule has 0 bridgehead atoms. The summed E-state index contributed by atoms with van der Waals surface area (Å²) < 4.78 is 0. The zero-order valence-corrected chi connectivity index (χ0v) is 7.85. The van der Waals surface area contributed by atoms with Crippen LogP contribution in [-0.2, 0) is 0 Å². The lowest BCUT2D eigenvalue weighted by molar-refractivity contribution is 0.487. The lowest BCUT2D eigenvalue weighted by atomic mass is 9.89. The van der Waals surface area contributed by atoms with Gasteiger partial charge in [-0.1, -0.05) is 25.5 Å². The molecule has 1 rings (SSSR count). The van der Waals surface area contributed by atoms with Crippen LogP contribution in [-0.4, -0.2) is 13.1 Å². The molecular formula is C10H21N. The molecule has 1 atom stereocenters. The molecule has 0 aromatic rings. The van der Waals surface area contributed by atoms with Crippen molar-refractivity contribution in [2.45, 2.75) is 39.2 Å². The number of rotatable bonds is 2. The maximum Gasteiger partial charge on any atom is 0.0102 e. The van der Waals surface area contributed by atoms with Gasteiger partial charge >= 0.3 is 0 Å². The van der Waals surface area contributed by atoms with Crippen molar-refractivity contribution in [1.82, 2.24) is 5.32 Å². The summed E-state index contributed by atoms with van der Waals surface area (Å²) >= 11 is 0. The summed E-state index contributed by atoms with van der Waals surface area (Å²) in [5.41, 5.74) is 1.65. The average Bonchev–Trinajstić information content (AvgIpc) is 2.05. The van der Waals surface area contributed by atoms with Gasteiger partial charge in [-0.2, -0.15) is 0 Å². The Morgan fingerprint density at radius 3 is 2.73 bits per heavy atom. The van der Waals surface area contributed by atoms with Crippen molar-refractivity contribution in [3.8, 4) is 0 Å². The number of nitrogens with one attached hydrogen (secondary N) is 1. The van der Waals surface area contributed by atoms with E-state index in [2.05, 4.69) is 32.3 Å². The molecule has 0 heterocycles. The predicted octanol–water partition coefficient (Wildman–Crippen LogP) is 2.59. The molecule has 0 fully saturated rings. The Bertz CT molecular complexity index is 152. The van der Waals surface area contributed by atoms with E-state index in [1.165, 1.54) is 19.3 Å². The molecule has 11 heavy (non-hydrogen) atoms. The quantitative estimate of drug-likeness (QED) is 0.604. The summed E-state index contributed by atoms with van der Waals surface area (Å²) in [5.74, 6) is 0.757. The summed E-state index contributed by atoms with van der Waals surface area (Å²) in [7, 11) is 2.05. The highest BCUT2D eigenvalue weighted by molar-refractivity contribution is 5.09. The Balaban J connectivity index is 0.00000121. The van der Waals surface area contributed by atoms with Crippen LogP contribution in [0.25, 0.3) is 0 Å². The molecule has 1 aliphatic carbocycles. The highest BCUT2D eigenvalue weighted by Gasteiger charge is 2.13. The van der Waals surface area contributed by atoms with Crippen molar-refractivity contribution in [3.05, 3.63) is 11.6 Å². The first-order valence-corrected chi connectivity index (χ1v) is 4.60. The first kappa shape index (κ1) is 8.79. The molecule has 1 nitrogen and oxygen atoms in total. The number of hydrogen-bond donors (Lipinski definition) is 1. The fourth-order valence-corrected chi connectivity index (χ4v) is 1.64. The molecular weight excluding hydrogens is 134 g/mol. The maximum absolute atomic E-state index is 3.32. The molecule has 0 aromatic carbocycles. The van der Waals surface area contributed by atoms with Crippen molar-refractivity contribution >= 4 is 0 Å². The highest BCUT2D eigenvalue weighted by atomic mass is 14.9. The van der Waals surface area contributed by atoms with E-state index in [1.54, 1.807) is 5.57 Å². The fraction of sp³-hybridized carbons (Fsp3) is 0.800. The van der Waals surface area contributed by atoms with Crippen molar-refractivity contribution in [2.24, 2.45) is 5.92 Å². The van der Waals surface area contributed by atoms with Gasteiger partial charge in [-0.3, -0.25) is 0 Å². The molecule has 1 heteroatoms. The fourth-order valence-electron chi connectivity index (χ4n) is 1.64. The van der Waals surface area contributed by atoms with Crippen LogP contribution in [0.15, 0.2) is 11.6 Å². The van der Waals surface area contributed by atoms with Crippen molar-refractivity contribution < 1.29 is 1.43 Å². The second kappa shape index (κ2) is 3.91. The van der Waals surface area contributed by atoms with Gasteiger partial charge in [-0.15, -0.1) is 0 Å². The third kappa shape index (κ3) is 2.33. The second-order valence-corrected chi connectivity index (χ2v) is 3.69. The first-order valence-electron chi connectivity index (χ1n) is 4.60. The zero-order chi connectivity index (χ0) is 8.27. The minimum absolute atomic E-state index is 0. The summed E-state index contributed by atoms with van der Waals surface area (Å²) in [5, 5.41) is 3.32. The van der Waals surface area contributed by atoms with Gasteiger partial charge < -0.3 is 5.32 Å². The maximum atomic E-state index is 3.32. The molecule has 0 unspecified atom stereocenters. The summed E-state index contributed by atoms with van der Waals surface area (Å²) in [6.07, 6.45) is 6.25. The van der Waals surface area contributed by atoms with Crippen molar-refractivity contribution in [1.29, 1.82) is 0 Å². The van der Waals surface area contributed by atoms with Gasteiger partial charge in [0.2, 0.25) is 0 Å². The van der Waals surface area contributed by atoms with E-state index in [9.17, 15) is 0 Å². The van der Waals surface area contributed by atoms with Gasteiger partial charge in [0, 0.05) is 7.47 Å². The first-order chi connectivity index (χ1) is 5.24. The predicted molar refractivity (Wildman–Crippen MR) is 51.7 cm³/mol.